The van der Waals surface area contributed by atoms with Gasteiger partial charge >= 0.3 is 33.6 Å². The van der Waals surface area contributed by atoms with E-state index in [1.807, 2.05) is 0 Å². The summed E-state index contributed by atoms with van der Waals surface area (Å²) in [6.45, 7) is 2.57. The van der Waals surface area contributed by atoms with E-state index in [0.29, 0.717) is 19.3 Å². The van der Waals surface area contributed by atoms with Gasteiger partial charge in [-0.1, -0.05) is 253 Å². The monoisotopic (exact) mass is 1350 g/mol. The fourth-order valence-corrected chi connectivity index (χ4v) is 11.2. The van der Waals surface area contributed by atoms with Crippen molar-refractivity contribution in [2.24, 2.45) is 0 Å². The molecule has 0 aliphatic carbocycles. The van der Waals surface area contributed by atoms with Crippen LogP contribution < -0.4 is 0 Å². The lowest BCUT2D eigenvalue weighted by atomic mass is 10.0. The second-order valence-corrected chi connectivity index (χ2v) is 27.3. The average molecular weight is 1350 g/mol. The molecule has 538 valence electrons. The zero-order valence-electron chi connectivity index (χ0n) is 58.4. The minimum Gasteiger partial charge on any atom is -0.463 e. The van der Waals surface area contributed by atoms with E-state index in [0.717, 1.165) is 135 Å². The van der Waals surface area contributed by atoms with Crippen molar-refractivity contribution in [3.8, 4) is 0 Å². The standard InChI is InChI=1S/C75H132O16P2/c1-4-7-10-13-16-19-22-25-28-29-30-31-32-33-34-35-36-37-38-39-42-44-46-49-52-55-58-61-73(78)85-64-70(76)65-87-92(81,82)88-66-71(77)67-89-93(83,84)90-69-72(91-75(80)63-60-57-54-51-48-45-41-27-24-21-18-15-12-9-6-3)68-86-74(79)62-59-56-53-50-47-43-40-26-23-20-17-14-11-8-5-2/h16-21,25-28,30-31,33-34,40-41,70-72,76-77H,4-15,22-24,29,32,35-39,42-69H2,1-3H3,(H,81,82)(H,83,84)/b19-16-,20-17-,21-18-,28-25-,31-30-,34-33-,40-26-,41-27-. The summed E-state index contributed by atoms with van der Waals surface area (Å²) in [4.78, 5) is 58.4. The van der Waals surface area contributed by atoms with Crippen LogP contribution in [0, 0.1) is 0 Å². The molecular formula is C75H132O16P2. The molecule has 0 aromatic carbocycles. The van der Waals surface area contributed by atoms with Crippen LogP contribution in [0.5, 0.6) is 0 Å². The van der Waals surface area contributed by atoms with Crippen LogP contribution in [-0.4, -0.2) is 95.9 Å². The minimum atomic E-state index is -4.93. The summed E-state index contributed by atoms with van der Waals surface area (Å²) >= 11 is 0. The number of allylic oxidation sites excluding steroid dienone is 16. The molecule has 0 aliphatic rings. The van der Waals surface area contributed by atoms with Gasteiger partial charge in [-0.3, -0.25) is 32.5 Å². The van der Waals surface area contributed by atoms with E-state index in [1.54, 1.807) is 0 Å². The number of rotatable bonds is 69. The Labute approximate surface area is 565 Å². The summed E-state index contributed by atoms with van der Waals surface area (Å²) in [7, 11) is -9.78. The lowest BCUT2D eigenvalue weighted by Crippen LogP contribution is -2.30. The predicted octanol–water partition coefficient (Wildman–Crippen LogP) is 20.6. The van der Waals surface area contributed by atoms with Crippen molar-refractivity contribution < 1.29 is 75.8 Å². The van der Waals surface area contributed by atoms with Gasteiger partial charge < -0.3 is 34.2 Å². The van der Waals surface area contributed by atoms with Crippen molar-refractivity contribution >= 4 is 33.6 Å². The van der Waals surface area contributed by atoms with Gasteiger partial charge in [-0.05, 0) is 128 Å². The number of aliphatic hydroxyl groups excluding tert-OH is 2. The molecule has 0 heterocycles. The molecule has 0 spiro atoms. The highest BCUT2D eigenvalue weighted by atomic mass is 31.2. The molecule has 0 aromatic heterocycles. The van der Waals surface area contributed by atoms with Gasteiger partial charge in [0.2, 0.25) is 0 Å². The molecule has 16 nitrogen and oxygen atoms in total. The number of hydrogen-bond donors (Lipinski definition) is 4. The number of aliphatic hydroxyl groups is 2. The third-order valence-corrected chi connectivity index (χ3v) is 17.2. The Bertz CT molecular complexity index is 2080. The Morgan fingerprint density at radius 1 is 0.301 bits per heavy atom. The lowest BCUT2D eigenvalue weighted by molar-refractivity contribution is -0.161. The molecule has 4 N–H and O–H groups in total. The first-order valence-electron chi connectivity index (χ1n) is 36.5. The SMILES string of the molecule is CCCCC/C=C\C/C=C\C/C=C\C/C=C\CCCCCCCCCCCCCC(=O)OCC(O)COP(=O)(O)OCC(O)COP(=O)(O)OCC(COC(=O)CCCCCCC/C=C\C/C=C\CCCCC)OC(=O)CCCCCCC/C=C\C/C=C\CCCCC. The van der Waals surface area contributed by atoms with Crippen molar-refractivity contribution in [2.45, 2.75) is 322 Å². The Kier molecular flexibility index (Phi) is 65.8. The van der Waals surface area contributed by atoms with E-state index in [-0.39, 0.29) is 19.3 Å². The smallest absolute Gasteiger partial charge is 0.463 e. The number of carbonyl (C=O) groups is 3. The number of unbranched alkanes of at least 4 members (excludes halogenated alkanes) is 30. The van der Waals surface area contributed by atoms with E-state index < -0.39 is 91.5 Å². The number of hydrogen-bond acceptors (Lipinski definition) is 14. The van der Waals surface area contributed by atoms with E-state index in [9.17, 15) is 43.5 Å². The highest BCUT2D eigenvalue weighted by Gasteiger charge is 2.29. The Morgan fingerprint density at radius 3 is 0.849 bits per heavy atom. The second kappa shape index (κ2) is 68.4. The van der Waals surface area contributed by atoms with Gasteiger partial charge in [0.05, 0.1) is 26.4 Å². The number of carbonyl (C=O) groups excluding carboxylic acids is 3. The second-order valence-electron chi connectivity index (χ2n) is 24.4. The van der Waals surface area contributed by atoms with Crippen LogP contribution in [0.2, 0.25) is 0 Å². The zero-order chi connectivity index (χ0) is 68.1. The van der Waals surface area contributed by atoms with Gasteiger partial charge in [-0.25, -0.2) is 9.13 Å². The maximum absolute atomic E-state index is 12.9. The van der Waals surface area contributed by atoms with Crippen molar-refractivity contribution in [3.63, 3.8) is 0 Å². The first kappa shape index (κ1) is 89.5. The fraction of sp³-hybridized carbons (Fsp3) is 0.747. The highest BCUT2D eigenvalue weighted by Crippen LogP contribution is 2.45. The maximum Gasteiger partial charge on any atom is 0.472 e. The van der Waals surface area contributed by atoms with Crippen LogP contribution in [0.25, 0.3) is 0 Å². The molecule has 0 amide bonds. The van der Waals surface area contributed by atoms with Crippen LogP contribution in [-0.2, 0) is 55.8 Å². The number of phosphoric acid groups is 2. The lowest BCUT2D eigenvalue weighted by Gasteiger charge is -2.21. The first-order valence-corrected chi connectivity index (χ1v) is 39.5. The van der Waals surface area contributed by atoms with E-state index in [1.165, 1.54) is 109 Å². The van der Waals surface area contributed by atoms with Crippen LogP contribution in [0.15, 0.2) is 97.2 Å². The molecule has 0 saturated carbocycles. The average Bonchev–Trinajstić information content (AvgIpc) is 3.71. The molecule has 0 radical (unpaired) electrons. The van der Waals surface area contributed by atoms with Crippen molar-refractivity contribution in [3.05, 3.63) is 97.2 Å². The van der Waals surface area contributed by atoms with Crippen LogP contribution in [0.4, 0.5) is 0 Å². The molecule has 0 aromatic rings. The molecule has 5 atom stereocenters. The number of ether oxygens (including phenoxy) is 3. The van der Waals surface area contributed by atoms with Gasteiger partial charge in [0.1, 0.15) is 25.4 Å². The Morgan fingerprint density at radius 2 is 0.538 bits per heavy atom. The molecule has 0 fully saturated rings. The van der Waals surface area contributed by atoms with Crippen molar-refractivity contribution in [1.29, 1.82) is 0 Å². The summed E-state index contributed by atoms with van der Waals surface area (Å²) in [6, 6.07) is 0. The van der Waals surface area contributed by atoms with Gasteiger partial charge in [-0.15, -0.1) is 0 Å². The molecule has 93 heavy (non-hydrogen) atoms. The molecule has 0 aliphatic heterocycles. The fourth-order valence-electron chi connectivity index (χ4n) is 9.61. The van der Waals surface area contributed by atoms with Crippen molar-refractivity contribution in [2.75, 3.05) is 39.6 Å². The largest absolute Gasteiger partial charge is 0.472 e. The topological polar surface area (TPSA) is 231 Å². The van der Waals surface area contributed by atoms with E-state index >= 15 is 0 Å². The quantitative estimate of drug-likeness (QED) is 0.0146. The van der Waals surface area contributed by atoms with Gasteiger partial charge in [-0.2, -0.15) is 0 Å². The minimum absolute atomic E-state index is 0.0855. The molecule has 0 rings (SSSR count). The van der Waals surface area contributed by atoms with Crippen LogP contribution in [0.1, 0.15) is 303 Å². The van der Waals surface area contributed by atoms with Gasteiger partial charge in [0, 0.05) is 19.3 Å². The van der Waals surface area contributed by atoms with Gasteiger partial charge in [0.15, 0.2) is 6.10 Å². The molecular weight excluding hydrogens is 1220 g/mol. The molecule has 18 heteroatoms. The summed E-state index contributed by atoms with van der Waals surface area (Å²) in [5.74, 6) is -1.60. The predicted molar refractivity (Wildman–Crippen MR) is 381 cm³/mol. The Hall–Kier alpha value is -3.53. The molecule has 0 saturated heterocycles. The van der Waals surface area contributed by atoms with Crippen LogP contribution in [0.3, 0.4) is 0 Å². The Balaban J connectivity index is 4.53. The van der Waals surface area contributed by atoms with E-state index in [4.69, 9.17) is 32.3 Å². The summed E-state index contributed by atoms with van der Waals surface area (Å²) < 4.78 is 60.9. The molecule has 0 bridgehead atoms. The van der Waals surface area contributed by atoms with Crippen LogP contribution >= 0.6 is 15.6 Å². The summed E-state index contributed by atoms with van der Waals surface area (Å²) in [5.41, 5.74) is 0. The molecule has 5 unspecified atom stereocenters. The normalized spacial score (nSPS) is 14.7. The van der Waals surface area contributed by atoms with Crippen molar-refractivity contribution in [1.82, 2.24) is 0 Å². The van der Waals surface area contributed by atoms with Gasteiger partial charge in [0.25, 0.3) is 0 Å². The number of esters is 3. The number of phosphoric ester groups is 2. The third kappa shape index (κ3) is 69.6. The summed E-state index contributed by atoms with van der Waals surface area (Å²) in [6.07, 6.45) is 76.0. The summed E-state index contributed by atoms with van der Waals surface area (Å²) in [5, 5.41) is 20.6. The highest BCUT2D eigenvalue weighted by molar-refractivity contribution is 7.47. The maximum atomic E-state index is 12.9. The van der Waals surface area contributed by atoms with E-state index in [2.05, 4.69) is 118 Å². The zero-order valence-corrected chi connectivity index (χ0v) is 60.2. The third-order valence-electron chi connectivity index (χ3n) is 15.3. The first-order chi connectivity index (χ1) is 45.2.